The van der Waals surface area contributed by atoms with Crippen molar-refractivity contribution in [3.05, 3.63) is 36.0 Å². The van der Waals surface area contributed by atoms with E-state index in [0.29, 0.717) is 0 Å². The second-order valence-electron chi connectivity index (χ2n) is 3.68. The van der Waals surface area contributed by atoms with Crippen LogP contribution in [0.2, 0.25) is 0 Å². The van der Waals surface area contributed by atoms with Gasteiger partial charge in [-0.15, -0.1) is 0 Å². The predicted octanol–water partition coefficient (Wildman–Crippen LogP) is 1.85. The molecule has 2 N–H and O–H groups in total. The van der Waals surface area contributed by atoms with E-state index in [1.54, 1.807) is 0 Å². The van der Waals surface area contributed by atoms with Crippen molar-refractivity contribution >= 4 is 10.9 Å². The summed E-state index contributed by atoms with van der Waals surface area (Å²) in [4.78, 5) is 3.24. The van der Waals surface area contributed by atoms with Gasteiger partial charge in [-0.25, -0.2) is 0 Å². The Morgan fingerprint density at radius 2 is 2.08 bits per heavy atom. The van der Waals surface area contributed by atoms with Crippen LogP contribution in [-0.4, -0.2) is 18.1 Å². The smallest absolute Gasteiger partial charge is 0.0456 e. The largest absolute Gasteiger partial charge is 0.361 e. The normalized spacial score (nSPS) is 17.5. The van der Waals surface area contributed by atoms with Crippen LogP contribution in [0.1, 0.15) is 11.5 Å². The van der Waals surface area contributed by atoms with Crippen LogP contribution in [0.3, 0.4) is 0 Å². The summed E-state index contributed by atoms with van der Waals surface area (Å²) in [5.74, 6) is 0.729. The number of H-pyrrole nitrogens is 1. The first-order valence-electron chi connectivity index (χ1n) is 4.71. The number of rotatable bonds is 1. The fraction of sp³-hybridized carbons (Fsp3) is 0.273. The maximum Gasteiger partial charge on any atom is 0.0456 e. The number of benzene rings is 1. The third-order valence-corrected chi connectivity index (χ3v) is 2.83. The molecule has 1 fully saturated rings. The summed E-state index contributed by atoms with van der Waals surface area (Å²) in [6.07, 6.45) is 1.99. The lowest BCUT2D eigenvalue weighted by Crippen LogP contribution is -2.39. The molecule has 13 heavy (non-hydrogen) atoms. The minimum Gasteiger partial charge on any atom is -0.361 e. The lowest BCUT2D eigenvalue weighted by molar-refractivity contribution is 0.449. The molecule has 0 spiro atoms. The summed E-state index contributed by atoms with van der Waals surface area (Å²) in [7, 11) is 0. The van der Waals surface area contributed by atoms with Gasteiger partial charge in [-0.05, 0) is 23.1 Å². The van der Waals surface area contributed by atoms with Gasteiger partial charge in [0.15, 0.2) is 0 Å². The van der Waals surface area contributed by atoms with Gasteiger partial charge < -0.3 is 10.3 Å². The summed E-state index contributed by atoms with van der Waals surface area (Å²) in [5, 5.41) is 4.59. The van der Waals surface area contributed by atoms with Crippen molar-refractivity contribution < 1.29 is 0 Å². The second kappa shape index (κ2) is 2.60. The van der Waals surface area contributed by atoms with E-state index in [-0.39, 0.29) is 0 Å². The van der Waals surface area contributed by atoms with Crippen LogP contribution in [0.15, 0.2) is 30.5 Å². The molecular weight excluding hydrogens is 160 g/mol. The maximum absolute atomic E-state index is 3.29. The maximum atomic E-state index is 3.29. The molecule has 0 unspecified atom stereocenters. The van der Waals surface area contributed by atoms with Gasteiger partial charge in [-0.2, -0.15) is 0 Å². The van der Waals surface area contributed by atoms with E-state index in [1.165, 1.54) is 16.5 Å². The zero-order valence-corrected chi connectivity index (χ0v) is 7.38. The van der Waals surface area contributed by atoms with E-state index in [4.69, 9.17) is 0 Å². The van der Waals surface area contributed by atoms with Crippen LogP contribution >= 0.6 is 0 Å². The monoisotopic (exact) mass is 172 g/mol. The first kappa shape index (κ1) is 7.15. The van der Waals surface area contributed by atoms with Crippen molar-refractivity contribution in [3.63, 3.8) is 0 Å². The molecule has 2 aromatic rings. The molecule has 0 amide bonds. The van der Waals surface area contributed by atoms with Gasteiger partial charge in [-0.1, -0.05) is 12.1 Å². The van der Waals surface area contributed by atoms with Gasteiger partial charge in [0.25, 0.3) is 0 Å². The van der Waals surface area contributed by atoms with E-state index in [2.05, 4.69) is 34.6 Å². The van der Waals surface area contributed by atoms with Crippen molar-refractivity contribution in [3.8, 4) is 0 Å². The van der Waals surface area contributed by atoms with Gasteiger partial charge >= 0.3 is 0 Å². The minimum absolute atomic E-state index is 0.729. The third-order valence-electron chi connectivity index (χ3n) is 2.83. The average molecular weight is 172 g/mol. The summed E-state index contributed by atoms with van der Waals surface area (Å²) in [6, 6.07) is 8.81. The Balaban J connectivity index is 2.09. The second-order valence-corrected chi connectivity index (χ2v) is 3.68. The Hall–Kier alpha value is -1.28. The van der Waals surface area contributed by atoms with Crippen molar-refractivity contribution in [2.24, 2.45) is 0 Å². The Bertz CT molecular complexity index is 426. The molecule has 0 saturated carbocycles. The third kappa shape index (κ3) is 1.06. The molecule has 0 atom stereocenters. The first-order chi connectivity index (χ1) is 6.43. The van der Waals surface area contributed by atoms with Gasteiger partial charge in [0.2, 0.25) is 0 Å². The summed E-state index contributed by atoms with van der Waals surface area (Å²) < 4.78 is 0. The quantitative estimate of drug-likeness (QED) is 0.675. The van der Waals surface area contributed by atoms with E-state index >= 15 is 0 Å². The Morgan fingerprint density at radius 1 is 1.15 bits per heavy atom. The molecule has 2 heteroatoms. The Labute approximate surface area is 77.0 Å². The van der Waals surface area contributed by atoms with Crippen LogP contribution < -0.4 is 5.32 Å². The number of hydrogen-bond donors (Lipinski definition) is 2. The molecule has 1 aromatic heterocycles. The molecule has 3 rings (SSSR count). The molecule has 66 valence electrons. The molecule has 1 aliphatic rings. The van der Waals surface area contributed by atoms with Gasteiger partial charge in [-0.3, -0.25) is 0 Å². The van der Waals surface area contributed by atoms with Gasteiger partial charge in [0, 0.05) is 30.7 Å². The van der Waals surface area contributed by atoms with E-state index in [9.17, 15) is 0 Å². The Kier molecular flexibility index (Phi) is 1.43. The number of nitrogens with one attached hydrogen (secondary N) is 2. The fourth-order valence-corrected chi connectivity index (χ4v) is 1.84. The molecule has 0 aliphatic carbocycles. The van der Waals surface area contributed by atoms with Crippen molar-refractivity contribution in [2.75, 3.05) is 13.1 Å². The number of aromatic nitrogens is 1. The number of aromatic amines is 1. The van der Waals surface area contributed by atoms with Crippen molar-refractivity contribution in [1.82, 2.24) is 10.3 Å². The molecule has 2 heterocycles. The fourth-order valence-electron chi connectivity index (χ4n) is 1.84. The van der Waals surface area contributed by atoms with Crippen LogP contribution in [0.4, 0.5) is 0 Å². The highest BCUT2D eigenvalue weighted by Gasteiger charge is 2.18. The Morgan fingerprint density at radius 3 is 2.85 bits per heavy atom. The molecule has 1 aliphatic heterocycles. The molecule has 0 radical (unpaired) electrons. The molecular formula is C11H12N2. The topological polar surface area (TPSA) is 27.8 Å². The standard InChI is InChI=1S/C11H12N2/c1-2-9(10-6-12-7-10)5-11-8(1)3-4-13-11/h1-5,10,12-13H,6-7H2. The highest BCUT2D eigenvalue weighted by Crippen LogP contribution is 2.23. The molecule has 1 saturated heterocycles. The van der Waals surface area contributed by atoms with Crippen LogP contribution in [0, 0.1) is 0 Å². The molecule has 0 bridgehead atoms. The zero-order valence-electron chi connectivity index (χ0n) is 7.38. The number of fused-ring (bicyclic) bond motifs is 1. The molecule has 2 nitrogen and oxygen atoms in total. The zero-order chi connectivity index (χ0) is 8.67. The van der Waals surface area contributed by atoms with Crippen LogP contribution in [-0.2, 0) is 0 Å². The van der Waals surface area contributed by atoms with Gasteiger partial charge in [0.05, 0.1) is 0 Å². The molecule has 1 aromatic carbocycles. The summed E-state index contributed by atoms with van der Waals surface area (Å²) in [5.41, 5.74) is 2.71. The highest BCUT2D eigenvalue weighted by molar-refractivity contribution is 5.80. The highest BCUT2D eigenvalue weighted by atomic mass is 14.9. The SMILES string of the molecule is c1cc2ccc(C3CNC3)cc2[nH]1. The lowest BCUT2D eigenvalue weighted by Gasteiger charge is -2.27. The van der Waals surface area contributed by atoms with Gasteiger partial charge in [0.1, 0.15) is 0 Å². The lowest BCUT2D eigenvalue weighted by atomic mass is 9.93. The first-order valence-corrected chi connectivity index (χ1v) is 4.71. The van der Waals surface area contributed by atoms with E-state index < -0.39 is 0 Å². The van der Waals surface area contributed by atoms with Crippen molar-refractivity contribution in [2.45, 2.75) is 5.92 Å². The summed E-state index contributed by atoms with van der Waals surface area (Å²) >= 11 is 0. The summed E-state index contributed by atoms with van der Waals surface area (Å²) in [6.45, 7) is 2.26. The van der Waals surface area contributed by atoms with E-state index in [0.717, 1.165) is 19.0 Å². The van der Waals surface area contributed by atoms with Crippen LogP contribution in [0.5, 0.6) is 0 Å². The average Bonchev–Trinajstić information content (AvgIpc) is 2.47. The predicted molar refractivity (Wildman–Crippen MR) is 53.9 cm³/mol. The van der Waals surface area contributed by atoms with E-state index in [1.807, 2.05) is 6.20 Å². The minimum atomic E-state index is 0.729. The van der Waals surface area contributed by atoms with Crippen LogP contribution in [0.25, 0.3) is 10.9 Å². The van der Waals surface area contributed by atoms with Crippen molar-refractivity contribution in [1.29, 1.82) is 0 Å². The number of hydrogen-bond acceptors (Lipinski definition) is 1.